The van der Waals surface area contributed by atoms with E-state index in [0.717, 1.165) is 4.47 Å². The number of nitrogens with two attached hydrogens (primary N) is 1. The Hall–Kier alpha value is -1.75. The van der Waals surface area contributed by atoms with Crippen molar-refractivity contribution in [1.29, 1.82) is 0 Å². The topological polar surface area (TPSA) is 57.2 Å². The molecule has 0 unspecified atom stereocenters. The molecule has 0 aliphatic carbocycles. The molecule has 5 heteroatoms. The minimum atomic E-state index is -0.0345. The van der Waals surface area contributed by atoms with E-state index in [2.05, 4.69) is 15.9 Å². The van der Waals surface area contributed by atoms with Gasteiger partial charge >= 0.3 is 0 Å². The van der Waals surface area contributed by atoms with Gasteiger partial charge in [0.15, 0.2) is 0 Å². The van der Waals surface area contributed by atoms with Gasteiger partial charge in [-0.3, -0.25) is 4.79 Å². The van der Waals surface area contributed by atoms with E-state index in [9.17, 15) is 4.79 Å². The largest absolute Gasteiger partial charge is 0.490 e. The average Bonchev–Trinajstić information content (AvgIpc) is 2.37. The Balaban J connectivity index is 1.99. The Morgan fingerprint density at radius 1 is 1.22 bits per heavy atom. The fraction of sp³-hybridized carbons (Fsp3) is 0.154. The maximum Gasteiger partial charge on any atom is 0.250 e. The van der Waals surface area contributed by atoms with Gasteiger partial charge in [0.2, 0.25) is 0 Å². The normalized spacial score (nSPS) is 10.3. The molecule has 0 radical (unpaired) electrons. The van der Waals surface area contributed by atoms with E-state index >= 15 is 0 Å². The molecule has 0 bridgehead atoms. The zero-order valence-corrected chi connectivity index (χ0v) is 11.3. The highest BCUT2D eigenvalue weighted by Gasteiger charge is 2.03. The summed E-state index contributed by atoms with van der Waals surface area (Å²) in [6, 6.07) is 10.5. The molecule has 0 spiro atoms. The summed E-state index contributed by atoms with van der Waals surface area (Å²) < 4.78 is 7.93. The predicted molar refractivity (Wildman–Crippen MR) is 74.8 cm³/mol. The molecule has 0 aliphatic heterocycles. The van der Waals surface area contributed by atoms with E-state index in [1.54, 1.807) is 22.9 Å². The number of pyridine rings is 1. The first-order valence-electron chi connectivity index (χ1n) is 5.51. The Morgan fingerprint density at radius 3 is 2.83 bits per heavy atom. The molecule has 1 aromatic heterocycles. The average molecular weight is 309 g/mol. The number of hydrogen-bond donors (Lipinski definition) is 1. The van der Waals surface area contributed by atoms with E-state index in [-0.39, 0.29) is 5.56 Å². The molecule has 94 valence electrons. The second-order valence-corrected chi connectivity index (χ2v) is 4.53. The number of ether oxygens (including phenoxy) is 1. The van der Waals surface area contributed by atoms with Crippen molar-refractivity contribution < 1.29 is 4.74 Å². The smallest absolute Gasteiger partial charge is 0.250 e. The summed E-state index contributed by atoms with van der Waals surface area (Å²) in [7, 11) is 0. The molecule has 2 aromatic rings. The van der Waals surface area contributed by atoms with Crippen LogP contribution < -0.4 is 16.0 Å². The third-order valence-electron chi connectivity index (χ3n) is 2.48. The third kappa shape index (κ3) is 2.92. The molecular formula is C13H13BrN2O2. The number of nitrogen functional groups attached to an aromatic ring is 1. The van der Waals surface area contributed by atoms with Gasteiger partial charge in [-0.15, -0.1) is 0 Å². The van der Waals surface area contributed by atoms with Crippen molar-refractivity contribution in [3.63, 3.8) is 0 Å². The lowest BCUT2D eigenvalue weighted by Crippen LogP contribution is -2.21. The lowest BCUT2D eigenvalue weighted by Gasteiger charge is -2.10. The molecule has 0 amide bonds. The van der Waals surface area contributed by atoms with Crippen LogP contribution in [0.3, 0.4) is 0 Å². The molecule has 18 heavy (non-hydrogen) atoms. The van der Waals surface area contributed by atoms with Gasteiger partial charge in [0.05, 0.1) is 11.0 Å². The number of aromatic nitrogens is 1. The minimum absolute atomic E-state index is 0.0345. The van der Waals surface area contributed by atoms with Gasteiger partial charge < -0.3 is 15.0 Å². The van der Waals surface area contributed by atoms with Crippen LogP contribution in [0.2, 0.25) is 0 Å². The Kier molecular flexibility index (Phi) is 4.04. The van der Waals surface area contributed by atoms with Crippen LogP contribution in [0.15, 0.2) is 51.9 Å². The van der Waals surface area contributed by atoms with Gasteiger partial charge in [-0.2, -0.15) is 0 Å². The molecule has 1 heterocycles. The molecule has 4 nitrogen and oxygen atoms in total. The van der Waals surface area contributed by atoms with Crippen molar-refractivity contribution in [2.24, 2.45) is 0 Å². The molecule has 2 rings (SSSR count). The molecule has 0 saturated carbocycles. The number of anilines is 1. The zero-order valence-electron chi connectivity index (χ0n) is 9.67. The molecular weight excluding hydrogens is 296 g/mol. The van der Waals surface area contributed by atoms with Gasteiger partial charge in [0.1, 0.15) is 12.4 Å². The van der Waals surface area contributed by atoms with Crippen LogP contribution >= 0.6 is 15.9 Å². The highest BCUT2D eigenvalue weighted by molar-refractivity contribution is 9.10. The summed E-state index contributed by atoms with van der Waals surface area (Å²) in [6.45, 7) is 0.910. The van der Waals surface area contributed by atoms with Crippen molar-refractivity contribution in [2.75, 3.05) is 12.3 Å². The van der Waals surface area contributed by atoms with E-state index in [1.807, 2.05) is 18.2 Å². The van der Waals surface area contributed by atoms with Gasteiger partial charge in [0, 0.05) is 18.0 Å². The zero-order chi connectivity index (χ0) is 13.0. The van der Waals surface area contributed by atoms with Crippen LogP contribution in [0.25, 0.3) is 0 Å². The standard InChI is InChI=1S/C13H13BrN2O2/c14-13-10(15)4-3-5-11(13)18-9-8-16-7-2-1-6-12(16)17/h1-7H,8-9,15H2. The van der Waals surface area contributed by atoms with E-state index in [1.165, 1.54) is 6.07 Å². The molecule has 0 saturated heterocycles. The fourth-order valence-corrected chi connectivity index (χ4v) is 1.92. The van der Waals surface area contributed by atoms with Gasteiger partial charge in [-0.1, -0.05) is 12.1 Å². The third-order valence-corrected chi connectivity index (χ3v) is 3.33. The monoisotopic (exact) mass is 308 g/mol. The number of hydrogen-bond acceptors (Lipinski definition) is 3. The van der Waals surface area contributed by atoms with Crippen LogP contribution in [0.4, 0.5) is 5.69 Å². The fourth-order valence-electron chi connectivity index (χ4n) is 1.54. The van der Waals surface area contributed by atoms with E-state index < -0.39 is 0 Å². The summed E-state index contributed by atoms with van der Waals surface area (Å²) >= 11 is 3.36. The van der Waals surface area contributed by atoms with Crippen molar-refractivity contribution in [3.8, 4) is 5.75 Å². The van der Waals surface area contributed by atoms with Crippen LogP contribution in [0, 0.1) is 0 Å². The first-order chi connectivity index (χ1) is 8.68. The second-order valence-electron chi connectivity index (χ2n) is 3.74. The predicted octanol–water partition coefficient (Wildman–Crippen LogP) is 2.27. The van der Waals surface area contributed by atoms with Gasteiger partial charge in [-0.25, -0.2) is 0 Å². The Bertz CT molecular complexity index is 596. The van der Waals surface area contributed by atoms with Crippen LogP contribution in [0.5, 0.6) is 5.75 Å². The van der Waals surface area contributed by atoms with Crippen LogP contribution in [-0.4, -0.2) is 11.2 Å². The number of halogens is 1. The van der Waals surface area contributed by atoms with Crippen molar-refractivity contribution in [3.05, 3.63) is 57.4 Å². The number of rotatable bonds is 4. The Labute approximate surface area is 113 Å². The van der Waals surface area contributed by atoms with E-state index in [4.69, 9.17) is 10.5 Å². The summed E-state index contributed by atoms with van der Waals surface area (Å²) in [5.41, 5.74) is 6.34. The first-order valence-corrected chi connectivity index (χ1v) is 6.30. The molecule has 0 atom stereocenters. The summed E-state index contributed by atoms with van der Waals surface area (Å²) in [5, 5.41) is 0. The first kappa shape index (κ1) is 12.7. The van der Waals surface area contributed by atoms with Crippen molar-refractivity contribution >= 4 is 21.6 Å². The van der Waals surface area contributed by atoms with Gasteiger partial charge in [0.25, 0.3) is 5.56 Å². The van der Waals surface area contributed by atoms with E-state index in [0.29, 0.717) is 24.6 Å². The summed E-state index contributed by atoms with van der Waals surface area (Å²) in [4.78, 5) is 11.5. The number of benzene rings is 1. The molecule has 0 fully saturated rings. The summed E-state index contributed by atoms with van der Waals surface area (Å²) in [6.07, 6.45) is 1.74. The highest BCUT2D eigenvalue weighted by atomic mass is 79.9. The van der Waals surface area contributed by atoms with Crippen LogP contribution in [-0.2, 0) is 6.54 Å². The quantitative estimate of drug-likeness (QED) is 0.882. The molecule has 1 aromatic carbocycles. The number of nitrogens with zero attached hydrogens (tertiary/aromatic N) is 1. The molecule has 2 N–H and O–H groups in total. The van der Waals surface area contributed by atoms with Crippen molar-refractivity contribution in [2.45, 2.75) is 6.54 Å². The second kappa shape index (κ2) is 5.73. The van der Waals surface area contributed by atoms with Crippen LogP contribution in [0.1, 0.15) is 0 Å². The Morgan fingerprint density at radius 2 is 2.06 bits per heavy atom. The lowest BCUT2D eigenvalue weighted by atomic mass is 10.3. The SMILES string of the molecule is Nc1cccc(OCCn2ccccc2=O)c1Br. The summed E-state index contributed by atoms with van der Waals surface area (Å²) in [5.74, 6) is 0.680. The molecule has 0 aliphatic rings. The van der Waals surface area contributed by atoms with Gasteiger partial charge in [-0.05, 0) is 34.1 Å². The minimum Gasteiger partial charge on any atom is -0.490 e. The van der Waals surface area contributed by atoms with Crippen molar-refractivity contribution in [1.82, 2.24) is 4.57 Å². The maximum absolute atomic E-state index is 11.5. The lowest BCUT2D eigenvalue weighted by molar-refractivity contribution is 0.295. The maximum atomic E-state index is 11.5. The highest BCUT2D eigenvalue weighted by Crippen LogP contribution is 2.30.